The van der Waals surface area contributed by atoms with Gasteiger partial charge in [-0.3, -0.25) is 4.79 Å². The predicted octanol–water partition coefficient (Wildman–Crippen LogP) is 2.86. The maximum absolute atomic E-state index is 13.0. The normalized spacial score (nSPS) is 15.7. The number of fused-ring (bicyclic) bond motifs is 1. The second-order valence-corrected chi connectivity index (χ2v) is 8.95. The van der Waals surface area contributed by atoms with Crippen LogP contribution in [0.1, 0.15) is 36.2 Å². The molecule has 0 bridgehead atoms. The highest BCUT2D eigenvalue weighted by Gasteiger charge is 2.23. The summed E-state index contributed by atoms with van der Waals surface area (Å²) in [5.41, 5.74) is 2.73. The van der Waals surface area contributed by atoms with Crippen molar-refractivity contribution >= 4 is 21.6 Å². The van der Waals surface area contributed by atoms with Gasteiger partial charge >= 0.3 is 0 Å². The van der Waals surface area contributed by atoms with E-state index in [0.29, 0.717) is 25.1 Å². The molecule has 2 aromatic rings. The maximum Gasteiger partial charge on any atom is 0.254 e. The molecule has 7 heteroatoms. The van der Waals surface area contributed by atoms with E-state index in [2.05, 4.69) is 15.7 Å². The molecule has 1 aliphatic heterocycles. The third-order valence-electron chi connectivity index (χ3n) is 5.14. The number of benzene rings is 2. The van der Waals surface area contributed by atoms with Gasteiger partial charge < -0.3 is 9.80 Å². The molecule has 0 spiro atoms. The van der Waals surface area contributed by atoms with Crippen molar-refractivity contribution in [2.45, 2.75) is 37.8 Å². The minimum atomic E-state index is -3.57. The first-order valence-corrected chi connectivity index (χ1v) is 11.0. The fourth-order valence-corrected chi connectivity index (χ4v) is 4.57. The lowest BCUT2D eigenvalue weighted by Gasteiger charge is -2.21. The average Bonchev–Trinajstić information content (AvgIpc) is 2.86. The number of nitrogens with one attached hydrogen (secondary N) is 1. The highest BCUT2D eigenvalue weighted by Crippen LogP contribution is 2.24. The van der Waals surface area contributed by atoms with Crippen LogP contribution in [0.5, 0.6) is 0 Å². The molecule has 0 aromatic heterocycles. The minimum Gasteiger partial charge on any atom is -0.373 e. The average molecular weight is 402 g/mol. The summed E-state index contributed by atoms with van der Waals surface area (Å²) in [6, 6.07) is 14.1. The van der Waals surface area contributed by atoms with Gasteiger partial charge in [-0.25, -0.2) is 13.1 Å². The molecule has 6 nitrogen and oxygen atoms in total. The second-order valence-electron chi connectivity index (χ2n) is 7.23. The summed E-state index contributed by atoms with van der Waals surface area (Å²) in [7, 11) is -1.55. The van der Waals surface area contributed by atoms with Gasteiger partial charge in [-0.2, -0.15) is 0 Å². The number of hydrogen-bond acceptors (Lipinski definition) is 4. The lowest BCUT2D eigenvalue weighted by Crippen LogP contribution is -2.34. The fraction of sp³-hybridized carbons (Fsp3) is 0.381. The van der Waals surface area contributed by atoms with Gasteiger partial charge in [0.1, 0.15) is 0 Å². The SMILES string of the molecule is CCC(C)NS(=O)(=O)c1ccc(C(=O)N2CCN(C)c3ccccc3C2)cc1. The Morgan fingerprint density at radius 1 is 1.11 bits per heavy atom. The van der Waals surface area contributed by atoms with Crippen molar-refractivity contribution in [1.29, 1.82) is 0 Å². The van der Waals surface area contributed by atoms with Crippen LogP contribution >= 0.6 is 0 Å². The van der Waals surface area contributed by atoms with Crippen molar-refractivity contribution in [2.75, 3.05) is 25.0 Å². The van der Waals surface area contributed by atoms with Gasteiger partial charge in [0, 0.05) is 44.0 Å². The quantitative estimate of drug-likeness (QED) is 0.836. The molecule has 1 heterocycles. The summed E-state index contributed by atoms with van der Waals surface area (Å²) in [6.07, 6.45) is 0.709. The number of rotatable bonds is 5. The Labute approximate surface area is 167 Å². The highest BCUT2D eigenvalue weighted by molar-refractivity contribution is 7.89. The van der Waals surface area contributed by atoms with Crippen LogP contribution in [0.25, 0.3) is 0 Å². The van der Waals surface area contributed by atoms with Gasteiger partial charge in [-0.15, -0.1) is 0 Å². The van der Waals surface area contributed by atoms with Crippen LogP contribution in [-0.4, -0.2) is 45.4 Å². The van der Waals surface area contributed by atoms with Crippen LogP contribution in [0.3, 0.4) is 0 Å². The number of sulfonamides is 1. The van der Waals surface area contributed by atoms with Crippen LogP contribution in [-0.2, 0) is 16.6 Å². The Morgan fingerprint density at radius 2 is 1.79 bits per heavy atom. The molecule has 28 heavy (non-hydrogen) atoms. The van der Waals surface area contributed by atoms with Crippen molar-refractivity contribution in [3.8, 4) is 0 Å². The first-order chi connectivity index (χ1) is 13.3. The largest absolute Gasteiger partial charge is 0.373 e. The third kappa shape index (κ3) is 4.36. The zero-order chi connectivity index (χ0) is 20.3. The van der Waals surface area contributed by atoms with E-state index in [4.69, 9.17) is 0 Å². The molecule has 150 valence electrons. The van der Waals surface area contributed by atoms with Gasteiger partial charge in [0.25, 0.3) is 5.91 Å². The Morgan fingerprint density at radius 3 is 2.46 bits per heavy atom. The van der Waals surface area contributed by atoms with E-state index >= 15 is 0 Å². The van der Waals surface area contributed by atoms with Crippen molar-refractivity contribution in [1.82, 2.24) is 9.62 Å². The molecule has 3 rings (SSSR count). The zero-order valence-corrected chi connectivity index (χ0v) is 17.4. The lowest BCUT2D eigenvalue weighted by molar-refractivity contribution is 0.0751. The summed E-state index contributed by atoms with van der Waals surface area (Å²) in [4.78, 5) is 17.1. The summed E-state index contributed by atoms with van der Waals surface area (Å²) in [5.74, 6) is -0.0936. The number of para-hydroxylation sites is 1. The molecule has 2 aromatic carbocycles. The van der Waals surface area contributed by atoms with Crippen LogP contribution in [0, 0.1) is 0 Å². The Balaban J connectivity index is 1.78. The van der Waals surface area contributed by atoms with E-state index in [1.54, 1.807) is 12.1 Å². The molecular weight excluding hydrogens is 374 g/mol. The Bertz CT molecular complexity index is 942. The molecule has 0 radical (unpaired) electrons. The molecule has 1 amide bonds. The summed E-state index contributed by atoms with van der Waals surface area (Å²) >= 11 is 0. The van der Waals surface area contributed by atoms with Crippen molar-refractivity contribution < 1.29 is 13.2 Å². The number of carbonyl (C=O) groups is 1. The summed E-state index contributed by atoms with van der Waals surface area (Å²) in [6.45, 7) is 5.64. The maximum atomic E-state index is 13.0. The van der Waals surface area contributed by atoms with Crippen molar-refractivity contribution in [3.63, 3.8) is 0 Å². The predicted molar refractivity (Wildman–Crippen MR) is 111 cm³/mol. The number of amides is 1. The van der Waals surface area contributed by atoms with E-state index in [0.717, 1.165) is 17.8 Å². The van der Waals surface area contributed by atoms with Crippen molar-refractivity contribution in [3.05, 3.63) is 59.7 Å². The van der Waals surface area contributed by atoms with Gasteiger partial charge in [-0.05, 0) is 49.2 Å². The van der Waals surface area contributed by atoms with Crippen LogP contribution < -0.4 is 9.62 Å². The van der Waals surface area contributed by atoms with Crippen molar-refractivity contribution in [2.24, 2.45) is 0 Å². The number of carbonyl (C=O) groups excluding carboxylic acids is 1. The number of likely N-dealkylation sites (N-methyl/N-ethyl adjacent to an activating group) is 1. The summed E-state index contributed by atoms with van der Waals surface area (Å²) < 4.78 is 27.4. The monoisotopic (exact) mass is 401 g/mol. The molecule has 1 N–H and O–H groups in total. The molecule has 1 aliphatic rings. The molecule has 1 unspecified atom stereocenters. The first-order valence-electron chi connectivity index (χ1n) is 9.52. The van der Waals surface area contributed by atoms with Crippen LogP contribution in [0.4, 0.5) is 5.69 Å². The molecule has 1 atom stereocenters. The van der Waals surface area contributed by atoms with Gasteiger partial charge in [0.05, 0.1) is 4.90 Å². The highest BCUT2D eigenvalue weighted by atomic mass is 32.2. The van der Waals surface area contributed by atoms with Crippen LogP contribution in [0.15, 0.2) is 53.4 Å². The zero-order valence-electron chi connectivity index (χ0n) is 16.6. The van der Waals surface area contributed by atoms with Gasteiger partial charge in [0.15, 0.2) is 0 Å². The number of anilines is 1. The Hall–Kier alpha value is -2.38. The summed E-state index contributed by atoms with van der Waals surface area (Å²) in [5, 5.41) is 0. The molecule has 0 fully saturated rings. The lowest BCUT2D eigenvalue weighted by atomic mass is 10.1. The van der Waals surface area contributed by atoms with Gasteiger partial charge in [-0.1, -0.05) is 25.1 Å². The third-order valence-corrected chi connectivity index (χ3v) is 6.74. The van der Waals surface area contributed by atoms with Crippen LogP contribution in [0.2, 0.25) is 0 Å². The van der Waals surface area contributed by atoms with E-state index in [-0.39, 0.29) is 16.8 Å². The fourth-order valence-electron chi connectivity index (χ4n) is 3.24. The van der Waals surface area contributed by atoms with E-state index < -0.39 is 10.0 Å². The second kappa shape index (κ2) is 8.32. The standard InChI is InChI=1S/C21H27N3O3S/c1-4-16(2)22-28(26,27)19-11-9-17(10-12-19)21(25)24-14-13-23(3)20-8-6-5-7-18(20)15-24/h5-12,16,22H,4,13-15H2,1-3H3. The Kier molecular flexibility index (Phi) is 6.05. The first kappa shape index (κ1) is 20.4. The minimum absolute atomic E-state index is 0.0936. The molecule has 0 saturated carbocycles. The number of hydrogen-bond donors (Lipinski definition) is 1. The molecular formula is C21H27N3O3S. The topological polar surface area (TPSA) is 69.7 Å². The van der Waals surface area contributed by atoms with E-state index in [9.17, 15) is 13.2 Å². The van der Waals surface area contributed by atoms with E-state index in [1.165, 1.54) is 12.1 Å². The number of nitrogens with zero attached hydrogens (tertiary/aromatic N) is 2. The molecule has 0 saturated heterocycles. The molecule has 0 aliphatic carbocycles. The van der Waals surface area contributed by atoms with E-state index in [1.807, 2.05) is 44.0 Å². The smallest absolute Gasteiger partial charge is 0.254 e. The van der Waals surface area contributed by atoms with Gasteiger partial charge in [0.2, 0.25) is 10.0 Å².